The Labute approximate surface area is 375 Å². The number of aryl methyl sites for hydroxylation is 1. The third-order valence-corrected chi connectivity index (χ3v) is 14.8. The maximum absolute atomic E-state index is 13.8. The van der Waals surface area contributed by atoms with E-state index >= 15 is 0 Å². The fourth-order valence-corrected chi connectivity index (χ4v) is 11.1. The Balaban J connectivity index is 1.10. The SMILES string of the molecule is CCC1C2=CC=NC2=C[NH+]1c1c2c(cc3c(=O)cc(C)oc13)CC(OOCC(O)(Cc1ccc(O)c3ccc(O)cc13)C(O)C(O)C(O)CO)C(C)(CCC1CNC(=O)C13CCCC3)O2. The number of nitrogens with zero attached hydrogens (tertiary/aromatic N) is 1. The van der Waals surface area contributed by atoms with Crippen LogP contribution in [0.2, 0.25) is 0 Å². The average molecular weight is 897 g/mol. The van der Waals surface area contributed by atoms with Gasteiger partial charge in [0, 0.05) is 54.6 Å². The van der Waals surface area contributed by atoms with Gasteiger partial charge in [0.15, 0.2) is 11.2 Å². The number of allylic oxidation sites excluding steroid dienone is 1. The summed E-state index contributed by atoms with van der Waals surface area (Å²) in [4.78, 5) is 44.9. The second kappa shape index (κ2) is 17.2. The number of aliphatic hydroxyl groups excluding tert-OH is 4. The van der Waals surface area contributed by atoms with Crippen LogP contribution in [0.25, 0.3) is 21.7 Å². The van der Waals surface area contributed by atoms with Crippen LogP contribution in [0.3, 0.4) is 0 Å². The zero-order valence-electron chi connectivity index (χ0n) is 36.8. The largest absolute Gasteiger partial charge is 0.508 e. The molecule has 1 aliphatic carbocycles. The smallest absolute Gasteiger partial charge is 0.226 e. The van der Waals surface area contributed by atoms with Crippen LogP contribution in [0.1, 0.15) is 75.7 Å². The van der Waals surface area contributed by atoms with E-state index in [1.165, 1.54) is 36.4 Å². The maximum Gasteiger partial charge on any atom is 0.226 e. The summed E-state index contributed by atoms with van der Waals surface area (Å²) >= 11 is 0. The van der Waals surface area contributed by atoms with Gasteiger partial charge in [0.1, 0.15) is 77.4 Å². The first kappa shape index (κ1) is 45.0. The van der Waals surface area contributed by atoms with Crippen LogP contribution in [-0.4, -0.2) is 109 Å². The summed E-state index contributed by atoms with van der Waals surface area (Å²) in [5.41, 5.74) is -0.331. The fourth-order valence-electron chi connectivity index (χ4n) is 11.1. The van der Waals surface area contributed by atoms with Gasteiger partial charge >= 0.3 is 0 Å². The number of amides is 1. The standard InChI is InChI=1S/C49H57N3O13/c1-4-36-32-12-16-50-35(32)23-52(36)41-43-28(18-34-38(56)17-26(2)63-44(34)41)19-40(47(3,64-43)15-11-29-22-51-46(60)48(29)13-5-6-14-48)65-62-25-49(61,45(59)42(58)39(57)24-53)21-27-7-10-37(55)31-9-8-30(54)20-33(27)31/h7-10,12,16-18,20,23,29,36,39-40,42,45,53-55,57-59,61H,4-6,11,13-15,19,21-22,24-25H2,1-3H3,(H,51,60)/p+1. The van der Waals surface area contributed by atoms with Crippen LogP contribution in [0.5, 0.6) is 17.2 Å². The van der Waals surface area contributed by atoms with Crippen molar-refractivity contribution in [2.45, 2.75) is 120 Å². The average Bonchev–Trinajstić information content (AvgIpc) is 4.09. The van der Waals surface area contributed by atoms with Crippen LogP contribution in [0.4, 0.5) is 5.69 Å². The van der Waals surface area contributed by atoms with Crippen LogP contribution in [0.15, 0.2) is 80.2 Å². The molecule has 1 spiro atoms. The highest BCUT2D eigenvalue weighted by molar-refractivity contribution is 5.92. The number of hydrogen-bond donors (Lipinski definition) is 9. The predicted octanol–water partition coefficient (Wildman–Crippen LogP) is 2.97. The molecule has 0 bridgehead atoms. The highest BCUT2D eigenvalue weighted by Gasteiger charge is 2.54. The van der Waals surface area contributed by atoms with Crippen molar-refractivity contribution in [1.29, 1.82) is 0 Å². The molecule has 4 aromatic rings. The molecule has 346 valence electrons. The Kier molecular flexibility index (Phi) is 11.9. The van der Waals surface area contributed by atoms with Gasteiger partial charge in [0.05, 0.1) is 17.4 Å². The molecule has 65 heavy (non-hydrogen) atoms. The number of carbonyl (C=O) groups excluding carboxylic acids is 1. The zero-order valence-corrected chi connectivity index (χ0v) is 36.8. The Bertz CT molecular complexity index is 2670. The van der Waals surface area contributed by atoms with Gasteiger partial charge in [-0.2, -0.15) is 0 Å². The molecule has 9 unspecified atom stereocenters. The third-order valence-electron chi connectivity index (χ3n) is 14.8. The highest BCUT2D eigenvalue weighted by Crippen LogP contribution is 2.51. The molecule has 16 nitrogen and oxygen atoms in total. The molecular formula is C49H58N3O13+. The summed E-state index contributed by atoms with van der Waals surface area (Å²) in [7, 11) is 0. The molecule has 1 saturated heterocycles. The maximum atomic E-state index is 13.8. The number of phenols is 2. The summed E-state index contributed by atoms with van der Waals surface area (Å²) in [6, 6.07) is 10.3. The normalized spacial score (nSPS) is 26.7. The van der Waals surface area contributed by atoms with E-state index in [1.54, 1.807) is 19.2 Å². The zero-order chi connectivity index (χ0) is 46.0. The number of quaternary nitrogens is 1. The van der Waals surface area contributed by atoms with Gasteiger partial charge < -0.3 is 50.2 Å². The van der Waals surface area contributed by atoms with Crippen molar-refractivity contribution in [1.82, 2.24) is 5.32 Å². The number of ether oxygens (including phenoxy) is 1. The number of rotatable bonds is 15. The second-order valence-electron chi connectivity index (χ2n) is 18.9. The van der Waals surface area contributed by atoms with E-state index in [9.17, 15) is 45.3 Å². The van der Waals surface area contributed by atoms with Crippen molar-refractivity contribution >= 4 is 39.6 Å². The minimum absolute atomic E-state index is 0.0273. The quantitative estimate of drug-likeness (QED) is 0.0617. The molecule has 0 radical (unpaired) electrons. The number of aliphatic hydroxyl groups is 5. The van der Waals surface area contributed by atoms with Crippen LogP contribution < -0.4 is 20.4 Å². The van der Waals surface area contributed by atoms with Crippen LogP contribution in [0, 0.1) is 18.3 Å². The van der Waals surface area contributed by atoms with E-state index in [4.69, 9.17) is 18.9 Å². The van der Waals surface area contributed by atoms with Gasteiger partial charge in [-0.15, -0.1) is 0 Å². The van der Waals surface area contributed by atoms with Crippen LogP contribution >= 0.6 is 0 Å². The molecule has 2 fully saturated rings. The van der Waals surface area contributed by atoms with Crippen molar-refractivity contribution < 1.29 is 64.4 Å². The number of hydrogen-bond acceptors (Lipinski definition) is 14. The summed E-state index contributed by atoms with van der Waals surface area (Å²) in [5, 5.41) is 80.0. The van der Waals surface area contributed by atoms with E-state index in [0.717, 1.165) is 48.3 Å². The molecule has 5 heterocycles. The van der Waals surface area contributed by atoms with Crippen molar-refractivity contribution in [2.24, 2.45) is 16.3 Å². The lowest BCUT2D eigenvalue weighted by atomic mass is 9.72. The molecule has 16 heteroatoms. The third kappa shape index (κ3) is 7.82. The lowest BCUT2D eigenvalue weighted by molar-refractivity contribution is -0.793. The first-order valence-corrected chi connectivity index (χ1v) is 22.6. The first-order chi connectivity index (χ1) is 31.1. The second-order valence-corrected chi connectivity index (χ2v) is 18.9. The van der Waals surface area contributed by atoms with E-state index < -0.39 is 60.7 Å². The van der Waals surface area contributed by atoms with Crippen molar-refractivity contribution in [3.8, 4) is 17.2 Å². The van der Waals surface area contributed by atoms with Crippen molar-refractivity contribution in [2.75, 3.05) is 19.8 Å². The number of phenolic OH excluding ortho intramolecular Hbond substituents is 2. The molecule has 1 amide bonds. The first-order valence-electron chi connectivity index (χ1n) is 22.6. The van der Waals surface area contributed by atoms with Gasteiger partial charge in [-0.05, 0) is 92.8 Å². The number of carbonyl (C=O) groups is 1. The Morgan fingerprint density at radius 3 is 2.58 bits per heavy atom. The lowest BCUT2D eigenvalue weighted by Gasteiger charge is -2.43. The van der Waals surface area contributed by atoms with E-state index in [2.05, 4.69) is 17.2 Å². The number of benzene rings is 3. The Morgan fingerprint density at radius 1 is 1.05 bits per heavy atom. The molecular weight excluding hydrogens is 839 g/mol. The Hall–Kier alpha value is -5.17. The molecule has 3 aromatic carbocycles. The molecule has 5 aliphatic rings. The van der Waals surface area contributed by atoms with Crippen LogP contribution in [-0.2, 0) is 27.4 Å². The van der Waals surface area contributed by atoms with Gasteiger partial charge in [0.25, 0.3) is 0 Å². The summed E-state index contributed by atoms with van der Waals surface area (Å²) in [6.07, 6.45) is 3.93. The van der Waals surface area contributed by atoms with E-state index in [0.29, 0.717) is 69.5 Å². The van der Waals surface area contributed by atoms with Gasteiger partial charge in [0.2, 0.25) is 17.2 Å². The van der Waals surface area contributed by atoms with Gasteiger partial charge in [-0.3, -0.25) is 19.5 Å². The molecule has 9 rings (SSSR count). The van der Waals surface area contributed by atoms with Crippen molar-refractivity contribution in [3.05, 3.63) is 93.1 Å². The minimum atomic E-state index is -2.41. The minimum Gasteiger partial charge on any atom is -0.508 e. The molecule has 9 atom stereocenters. The summed E-state index contributed by atoms with van der Waals surface area (Å²) in [6.45, 7) is 4.57. The number of aromatic hydroxyl groups is 2. The van der Waals surface area contributed by atoms with Crippen molar-refractivity contribution in [3.63, 3.8) is 0 Å². The van der Waals surface area contributed by atoms with E-state index in [1.807, 2.05) is 19.2 Å². The number of aliphatic imine (C=N–C) groups is 1. The lowest BCUT2D eigenvalue weighted by Crippen LogP contribution is -3.05. The van der Waals surface area contributed by atoms with Gasteiger partial charge in [-0.1, -0.05) is 25.8 Å². The number of fused-ring (bicyclic) bond motifs is 4. The monoisotopic (exact) mass is 896 g/mol. The predicted molar refractivity (Wildman–Crippen MR) is 238 cm³/mol. The molecule has 1 saturated carbocycles. The molecule has 1 aromatic heterocycles. The summed E-state index contributed by atoms with van der Waals surface area (Å²) < 4.78 is 13.7. The summed E-state index contributed by atoms with van der Waals surface area (Å²) in [5.74, 6) is 0.855. The fraction of sp³-hybridized carbons (Fsp3) is 0.490. The Morgan fingerprint density at radius 2 is 1.83 bits per heavy atom. The topological polar surface area (TPSA) is 245 Å². The molecule has 9 N–H and O–H groups in total. The highest BCUT2D eigenvalue weighted by atomic mass is 17.2. The number of nitrogens with one attached hydrogen (secondary N) is 2. The van der Waals surface area contributed by atoms with Gasteiger partial charge in [-0.25, -0.2) is 9.78 Å². The molecule has 4 aliphatic heterocycles. The van der Waals surface area contributed by atoms with E-state index in [-0.39, 0.29) is 41.2 Å².